The van der Waals surface area contributed by atoms with Crippen LogP contribution in [-0.4, -0.2) is 4.21 Å². The molecule has 1 aromatic carbocycles. The first-order valence-corrected chi connectivity index (χ1v) is 4.42. The average molecular weight is 206 g/mol. The number of benzene rings is 1. The van der Waals surface area contributed by atoms with Crippen molar-refractivity contribution >= 4 is 28.6 Å². The largest absolute Gasteiger partial charge is 0.418 e. The Morgan fingerprint density at radius 1 is 1.42 bits per heavy atom. The van der Waals surface area contributed by atoms with E-state index in [9.17, 15) is 4.21 Å². The highest BCUT2D eigenvalue weighted by Crippen LogP contribution is 2.43. The molecule has 1 heterocycles. The summed E-state index contributed by atoms with van der Waals surface area (Å²) < 4.78 is 20.2. The lowest BCUT2D eigenvalue weighted by molar-refractivity contribution is 0.520. The number of nitrogen functional groups attached to an aromatic ring is 1. The van der Waals surface area contributed by atoms with Crippen LogP contribution in [0.3, 0.4) is 0 Å². The number of halogens is 1. The van der Waals surface area contributed by atoms with Crippen molar-refractivity contribution in [1.82, 2.24) is 0 Å². The lowest BCUT2D eigenvalue weighted by Gasteiger charge is -1.98. The Balaban J connectivity index is 2.61. The molecule has 0 bridgehead atoms. The molecule has 0 amide bonds. The maximum absolute atomic E-state index is 10.7. The fraction of sp³-hybridized carbons (Fsp3) is 0. The van der Waals surface area contributed by atoms with Crippen LogP contribution < -0.4 is 14.1 Å². The first kappa shape index (κ1) is 7.70. The van der Waals surface area contributed by atoms with Crippen LogP contribution in [0.4, 0.5) is 5.69 Å². The van der Waals surface area contributed by atoms with Gasteiger partial charge in [-0.3, -0.25) is 0 Å². The van der Waals surface area contributed by atoms with E-state index in [-0.39, 0.29) is 10.8 Å². The summed E-state index contributed by atoms with van der Waals surface area (Å²) in [6, 6.07) is 3.12. The summed E-state index contributed by atoms with van der Waals surface area (Å²) in [5.41, 5.74) is 5.84. The SMILES string of the molecule is Nc1ccc2c(c1Cl)OS(=O)O2. The summed E-state index contributed by atoms with van der Waals surface area (Å²) in [5, 5.41) is 0.235. The van der Waals surface area contributed by atoms with Crippen LogP contribution in [0.15, 0.2) is 12.1 Å². The van der Waals surface area contributed by atoms with Gasteiger partial charge in [-0.2, -0.15) is 4.21 Å². The summed E-state index contributed by atoms with van der Waals surface area (Å²) in [5.74, 6) is 0.600. The Hall–Kier alpha value is -0.940. The molecule has 0 radical (unpaired) electrons. The Morgan fingerprint density at radius 2 is 2.17 bits per heavy atom. The molecule has 0 saturated heterocycles. The van der Waals surface area contributed by atoms with E-state index in [0.29, 0.717) is 11.4 Å². The normalized spacial score (nSPS) is 19.6. The van der Waals surface area contributed by atoms with Crippen molar-refractivity contribution in [3.05, 3.63) is 17.2 Å². The molecular weight excluding hydrogens is 202 g/mol. The minimum absolute atomic E-state index is 0.235. The molecule has 4 nitrogen and oxygen atoms in total. The molecule has 1 unspecified atom stereocenters. The van der Waals surface area contributed by atoms with E-state index < -0.39 is 11.4 Å². The van der Waals surface area contributed by atoms with Crippen molar-refractivity contribution < 1.29 is 12.6 Å². The molecule has 0 spiro atoms. The van der Waals surface area contributed by atoms with E-state index in [1.54, 1.807) is 12.1 Å². The Labute approximate surface area is 76.1 Å². The smallest absolute Gasteiger partial charge is 0.397 e. The summed E-state index contributed by atoms with van der Waals surface area (Å²) in [6.07, 6.45) is 0. The third kappa shape index (κ3) is 1.02. The van der Waals surface area contributed by atoms with Gasteiger partial charge in [-0.1, -0.05) is 11.6 Å². The molecule has 0 saturated carbocycles. The van der Waals surface area contributed by atoms with Crippen molar-refractivity contribution in [2.45, 2.75) is 0 Å². The van der Waals surface area contributed by atoms with Crippen molar-refractivity contribution in [2.24, 2.45) is 0 Å². The van der Waals surface area contributed by atoms with Crippen LogP contribution in [0.25, 0.3) is 0 Å². The lowest BCUT2D eigenvalue weighted by Crippen LogP contribution is -1.97. The maximum atomic E-state index is 10.7. The van der Waals surface area contributed by atoms with Crippen LogP contribution >= 0.6 is 11.6 Å². The Bertz CT molecular complexity index is 368. The van der Waals surface area contributed by atoms with Crippen molar-refractivity contribution in [3.63, 3.8) is 0 Å². The van der Waals surface area contributed by atoms with E-state index in [2.05, 4.69) is 0 Å². The van der Waals surface area contributed by atoms with Gasteiger partial charge in [0, 0.05) is 0 Å². The molecule has 0 fully saturated rings. The maximum Gasteiger partial charge on any atom is 0.418 e. The molecular formula is C6H4ClNO3S. The van der Waals surface area contributed by atoms with Crippen LogP contribution in [0.2, 0.25) is 5.02 Å². The minimum atomic E-state index is -1.78. The van der Waals surface area contributed by atoms with Gasteiger partial charge in [-0.15, -0.1) is 0 Å². The third-order valence-electron chi connectivity index (χ3n) is 1.40. The zero-order chi connectivity index (χ0) is 8.72. The molecule has 12 heavy (non-hydrogen) atoms. The molecule has 1 aliphatic heterocycles. The highest BCUT2D eigenvalue weighted by Gasteiger charge is 2.25. The van der Waals surface area contributed by atoms with Gasteiger partial charge in [-0.05, 0) is 12.1 Å². The third-order valence-corrected chi connectivity index (χ3v) is 2.41. The second kappa shape index (κ2) is 2.53. The highest BCUT2D eigenvalue weighted by atomic mass is 35.5. The van der Waals surface area contributed by atoms with Crippen molar-refractivity contribution in [2.75, 3.05) is 5.73 Å². The highest BCUT2D eigenvalue weighted by molar-refractivity contribution is 7.76. The van der Waals surface area contributed by atoms with Gasteiger partial charge < -0.3 is 14.1 Å². The molecule has 1 atom stereocenters. The molecule has 64 valence electrons. The molecule has 1 aromatic rings. The second-order valence-corrected chi connectivity index (χ2v) is 3.29. The summed E-state index contributed by atoms with van der Waals surface area (Å²) >= 11 is 3.96. The van der Waals surface area contributed by atoms with Gasteiger partial charge in [0.1, 0.15) is 5.02 Å². The number of fused-ring (bicyclic) bond motifs is 1. The fourth-order valence-corrected chi connectivity index (χ4v) is 1.71. The van der Waals surface area contributed by atoms with Crippen molar-refractivity contribution in [1.29, 1.82) is 0 Å². The standard InChI is InChI=1S/C6H4ClNO3S/c7-5-3(8)1-2-4-6(5)11-12(9)10-4/h1-2H,8H2. The van der Waals surface area contributed by atoms with E-state index >= 15 is 0 Å². The van der Waals surface area contributed by atoms with Gasteiger partial charge in [0.05, 0.1) is 5.69 Å². The van der Waals surface area contributed by atoms with Gasteiger partial charge >= 0.3 is 11.4 Å². The molecule has 6 heteroatoms. The van der Waals surface area contributed by atoms with E-state index in [0.717, 1.165) is 0 Å². The Kier molecular flexibility index (Phi) is 1.62. The minimum Gasteiger partial charge on any atom is -0.397 e. The predicted molar refractivity (Wildman–Crippen MR) is 45.3 cm³/mol. The van der Waals surface area contributed by atoms with Gasteiger partial charge in [0.25, 0.3) is 0 Å². The summed E-state index contributed by atoms with van der Waals surface area (Å²) in [4.78, 5) is 0. The molecule has 2 N–H and O–H groups in total. The van der Waals surface area contributed by atoms with Crippen molar-refractivity contribution in [3.8, 4) is 11.5 Å². The number of hydrogen-bond acceptors (Lipinski definition) is 4. The average Bonchev–Trinajstić information content (AvgIpc) is 2.39. The topological polar surface area (TPSA) is 61.5 Å². The lowest BCUT2D eigenvalue weighted by atomic mass is 10.3. The number of nitrogens with two attached hydrogens (primary N) is 1. The van der Waals surface area contributed by atoms with Crippen LogP contribution in [0, 0.1) is 0 Å². The van der Waals surface area contributed by atoms with Crippen LogP contribution in [0.5, 0.6) is 11.5 Å². The van der Waals surface area contributed by atoms with E-state index in [1.807, 2.05) is 0 Å². The first-order chi connectivity index (χ1) is 5.68. The van der Waals surface area contributed by atoms with Gasteiger partial charge in [-0.25, -0.2) is 0 Å². The second-order valence-electron chi connectivity index (χ2n) is 2.17. The quantitative estimate of drug-likeness (QED) is 0.648. The number of rotatable bonds is 0. The van der Waals surface area contributed by atoms with E-state index in [1.165, 1.54) is 0 Å². The van der Waals surface area contributed by atoms with Crippen LogP contribution in [-0.2, 0) is 11.4 Å². The molecule has 2 rings (SSSR count). The summed E-state index contributed by atoms with van der Waals surface area (Å²) in [7, 11) is 0. The molecule has 0 aromatic heterocycles. The zero-order valence-corrected chi connectivity index (χ0v) is 7.32. The molecule has 0 aliphatic carbocycles. The fourth-order valence-electron chi connectivity index (χ4n) is 0.855. The Morgan fingerprint density at radius 3 is 2.92 bits per heavy atom. The van der Waals surface area contributed by atoms with Gasteiger partial charge in [0.2, 0.25) is 5.75 Å². The van der Waals surface area contributed by atoms with Gasteiger partial charge in [0.15, 0.2) is 5.75 Å². The summed E-state index contributed by atoms with van der Waals surface area (Å²) in [6.45, 7) is 0. The number of hydrogen-bond donors (Lipinski definition) is 1. The zero-order valence-electron chi connectivity index (χ0n) is 5.74. The monoisotopic (exact) mass is 205 g/mol. The van der Waals surface area contributed by atoms with Crippen LogP contribution in [0.1, 0.15) is 0 Å². The predicted octanol–water partition coefficient (Wildman–Crippen LogP) is 1.27. The molecule has 1 aliphatic rings. The number of anilines is 1. The first-order valence-electron chi connectivity index (χ1n) is 3.05. The van der Waals surface area contributed by atoms with E-state index in [4.69, 9.17) is 25.7 Å².